The SMILES string of the molecule is CCc1c(-c2ccc([N+](=O)[O-])cc2)n(COCc2ccccc2)c(=O)n(O)c1=O. The summed E-state index contributed by atoms with van der Waals surface area (Å²) in [6.45, 7) is 1.72. The zero-order valence-corrected chi connectivity index (χ0v) is 15.6. The Hall–Kier alpha value is -3.72. The minimum absolute atomic E-state index is 0.0552. The molecule has 1 aromatic heterocycles. The maximum atomic E-state index is 12.6. The van der Waals surface area contributed by atoms with Gasteiger partial charge in [-0.1, -0.05) is 42.0 Å². The van der Waals surface area contributed by atoms with Gasteiger partial charge in [0.05, 0.1) is 17.2 Å². The van der Waals surface area contributed by atoms with Crippen molar-refractivity contribution in [2.75, 3.05) is 0 Å². The van der Waals surface area contributed by atoms with Gasteiger partial charge < -0.3 is 9.94 Å². The van der Waals surface area contributed by atoms with E-state index in [1.165, 1.54) is 24.3 Å². The number of hydrogen-bond acceptors (Lipinski definition) is 6. The van der Waals surface area contributed by atoms with Crippen LogP contribution in [-0.4, -0.2) is 19.4 Å². The fraction of sp³-hybridized carbons (Fsp3) is 0.200. The van der Waals surface area contributed by atoms with Gasteiger partial charge in [0.25, 0.3) is 11.2 Å². The van der Waals surface area contributed by atoms with Crippen LogP contribution in [0.3, 0.4) is 0 Å². The number of ether oxygens (including phenoxy) is 1. The van der Waals surface area contributed by atoms with Crippen LogP contribution in [0.1, 0.15) is 18.1 Å². The van der Waals surface area contributed by atoms with Gasteiger partial charge in [-0.15, -0.1) is 0 Å². The van der Waals surface area contributed by atoms with E-state index in [4.69, 9.17) is 4.74 Å². The molecule has 0 saturated carbocycles. The van der Waals surface area contributed by atoms with Crippen molar-refractivity contribution < 1.29 is 14.9 Å². The average molecular weight is 397 g/mol. The smallest absolute Gasteiger partial charge is 0.366 e. The number of nitro groups is 1. The second-order valence-electron chi connectivity index (χ2n) is 6.28. The Kier molecular flexibility index (Phi) is 5.89. The quantitative estimate of drug-likeness (QED) is 0.372. The van der Waals surface area contributed by atoms with E-state index in [0.29, 0.717) is 5.56 Å². The van der Waals surface area contributed by atoms with Crippen molar-refractivity contribution in [3.05, 3.63) is 96.7 Å². The van der Waals surface area contributed by atoms with Gasteiger partial charge in [0.1, 0.15) is 6.73 Å². The lowest BCUT2D eigenvalue weighted by Gasteiger charge is -2.17. The van der Waals surface area contributed by atoms with Crippen molar-refractivity contribution in [3.8, 4) is 11.3 Å². The Bertz CT molecular complexity index is 1130. The topological polar surface area (TPSA) is 117 Å². The molecule has 0 saturated heterocycles. The second-order valence-corrected chi connectivity index (χ2v) is 6.28. The molecule has 29 heavy (non-hydrogen) atoms. The number of benzene rings is 2. The van der Waals surface area contributed by atoms with E-state index in [0.717, 1.165) is 10.1 Å². The molecule has 3 aromatic rings. The first-order valence-corrected chi connectivity index (χ1v) is 8.88. The first-order chi connectivity index (χ1) is 13.9. The van der Waals surface area contributed by atoms with Gasteiger partial charge in [0.15, 0.2) is 0 Å². The molecule has 0 spiro atoms. The standard InChI is InChI=1S/C20H19N3O6/c1-2-17-18(15-8-10-16(11-9-15)23(27)28)21(20(25)22(26)19(17)24)13-29-12-14-6-4-3-5-7-14/h3-11,26H,2,12-13H2,1H3. The minimum atomic E-state index is -0.950. The van der Waals surface area contributed by atoms with Gasteiger partial charge >= 0.3 is 5.69 Å². The van der Waals surface area contributed by atoms with Crippen LogP contribution in [0.2, 0.25) is 0 Å². The van der Waals surface area contributed by atoms with E-state index in [1.807, 2.05) is 30.3 Å². The molecule has 1 N–H and O–H groups in total. The van der Waals surface area contributed by atoms with E-state index in [1.54, 1.807) is 6.92 Å². The molecule has 0 radical (unpaired) electrons. The first kappa shape index (κ1) is 20.0. The molecule has 0 unspecified atom stereocenters. The molecular weight excluding hydrogens is 378 g/mol. The molecule has 9 heteroatoms. The van der Waals surface area contributed by atoms with Crippen molar-refractivity contribution in [1.82, 2.24) is 9.30 Å². The number of nitro benzene ring substituents is 1. The maximum Gasteiger partial charge on any atom is 0.366 e. The third-order valence-electron chi connectivity index (χ3n) is 4.46. The van der Waals surface area contributed by atoms with Crippen LogP contribution in [0, 0.1) is 10.1 Å². The molecule has 0 aliphatic rings. The lowest BCUT2D eigenvalue weighted by atomic mass is 10.0. The van der Waals surface area contributed by atoms with Crippen LogP contribution in [0.5, 0.6) is 0 Å². The molecule has 0 bridgehead atoms. The Morgan fingerprint density at radius 3 is 2.31 bits per heavy atom. The van der Waals surface area contributed by atoms with E-state index in [-0.39, 0.29) is 41.4 Å². The summed E-state index contributed by atoms with van der Waals surface area (Å²) in [6, 6.07) is 14.8. The Balaban J connectivity index is 2.06. The Morgan fingerprint density at radius 1 is 1.07 bits per heavy atom. The first-order valence-electron chi connectivity index (χ1n) is 8.88. The van der Waals surface area contributed by atoms with Crippen molar-refractivity contribution in [3.63, 3.8) is 0 Å². The molecule has 0 amide bonds. The van der Waals surface area contributed by atoms with Crippen LogP contribution in [0.25, 0.3) is 11.3 Å². The summed E-state index contributed by atoms with van der Waals surface area (Å²) in [6.07, 6.45) is 0.241. The van der Waals surface area contributed by atoms with Gasteiger partial charge in [-0.25, -0.2) is 4.79 Å². The highest BCUT2D eigenvalue weighted by Gasteiger charge is 2.20. The second kappa shape index (κ2) is 8.53. The molecule has 0 aliphatic heterocycles. The van der Waals surface area contributed by atoms with E-state index < -0.39 is 16.2 Å². The number of rotatable bonds is 7. The molecule has 0 atom stereocenters. The lowest BCUT2D eigenvalue weighted by Crippen LogP contribution is -2.42. The van der Waals surface area contributed by atoms with Crippen LogP contribution in [-0.2, 0) is 24.5 Å². The molecule has 2 aromatic carbocycles. The number of aromatic nitrogens is 2. The minimum Gasteiger partial charge on any atom is -0.421 e. The molecule has 0 fully saturated rings. The average Bonchev–Trinajstić information content (AvgIpc) is 2.74. The van der Waals surface area contributed by atoms with Crippen LogP contribution in [0.4, 0.5) is 5.69 Å². The lowest BCUT2D eigenvalue weighted by molar-refractivity contribution is -0.384. The van der Waals surface area contributed by atoms with E-state index in [2.05, 4.69) is 0 Å². The van der Waals surface area contributed by atoms with Crippen LogP contribution >= 0.6 is 0 Å². The van der Waals surface area contributed by atoms with Crippen molar-refractivity contribution >= 4 is 5.69 Å². The zero-order valence-electron chi connectivity index (χ0n) is 15.6. The third-order valence-corrected chi connectivity index (χ3v) is 4.46. The fourth-order valence-corrected chi connectivity index (χ4v) is 3.03. The van der Waals surface area contributed by atoms with Gasteiger partial charge in [-0.2, -0.15) is 0 Å². The summed E-state index contributed by atoms with van der Waals surface area (Å²) in [5.41, 5.74) is -0.105. The summed E-state index contributed by atoms with van der Waals surface area (Å²) >= 11 is 0. The number of hydrogen-bond donors (Lipinski definition) is 1. The van der Waals surface area contributed by atoms with Crippen molar-refractivity contribution in [1.29, 1.82) is 0 Å². The summed E-state index contributed by atoms with van der Waals surface area (Å²) in [7, 11) is 0. The summed E-state index contributed by atoms with van der Waals surface area (Å²) < 4.78 is 6.83. The van der Waals surface area contributed by atoms with Gasteiger partial charge in [-0.3, -0.25) is 19.5 Å². The number of non-ortho nitro benzene ring substituents is 1. The van der Waals surface area contributed by atoms with Crippen molar-refractivity contribution in [2.45, 2.75) is 26.7 Å². The summed E-state index contributed by atoms with van der Waals surface area (Å²) in [5, 5.41) is 20.8. The molecule has 0 aliphatic carbocycles. The van der Waals surface area contributed by atoms with Gasteiger partial charge in [-0.05, 0) is 29.7 Å². The Labute approximate surface area is 165 Å². The Morgan fingerprint density at radius 2 is 1.72 bits per heavy atom. The predicted molar refractivity (Wildman–Crippen MR) is 105 cm³/mol. The van der Waals surface area contributed by atoms with Crippen LogP contribution < -0.4 is 11.2 Å². The van der Waals surface area contributed by atoms with Crippen LogP contribution in [0.15, 0.2) is 64.2 Å². The number of nitrogens with zero attached hydrogens (tertiary/aromatic N) is 3. The molecule has 3 rings (SSSR count). The summed E-state index contributed by atoms with van der Waals surface area (Å²) in [4.78, 5) is 35.3. The highest BCUT2D eigenvalue weighted by atomic mass is 16.6. The van der Waals surface area contributed by atoms with Gasteiger partial charge in [0, 0.05) is 17.7 Å². The molecular formula is C20H19N3O6. The van der Waals surface area contributed by atoms with Crippen molar-refractivity contribution in [2.24, 2.45) is 0 Å². The largest absolute Gasteiger partial charge is 0.421 e. The maximum absolute atomic E-state index is 12.6. The zero-order chi connectivity index (χ0) is 21.0. The highest BCUT2D eigenvalue weighted by Crippen LogP contribution is 2.24. The third kappa shape index (κ3) is 4.09. The molecule has 150 valence electrons. The molecule has 9 nitrogen and oxygen atoms in total. The van der Waals surface area contributed by atoms with E-state index in [9.17, 15) is 24.9 Å². The highest BCUT2D eigenvalue weighted by molar-refractivity contribution is 5.64. The summed E-state index contributed by atoms with van der Waals surface area (Å²) in [5.74, 6) is 0. The molecule has 1 heterocycles. The normalized spacial score (nSPS) is 10.8. The van der Waals surface area contributed by atoms with Gasteiger partial charge in [0.2, 0.25) is 0 Å². The van der Waals surface area contributed by atoms with E-state index >= 15 is 0 Å². The monoisotopic (exact) mass is 397 g/mol. The fourth-order valence-electron chi connectivity index (χ4n) is 3.03. The predicted octanol–water partition coefficient (Wildman–Crippen LogP) is 2.56.